The molecule has 1 unspecified atom stereocenters. The largest absolute Gasteiger partial charge is 0.491 e. The first-order valence-electron chi connectivity index (χ1n) is 7.04. The summed E-state index contributed by atoms with van der Waals surface area (Å²) in [5.41, 5.74) is 0.697. The number of rotatable bonds is 7. The lowest BCUT2D eigenvalue weighted by Crippen LogP contribution is -2.42. The molecular formula is C16H19ClN2O3. The summed E-state index contributed by atoms with van der Waals surface area (Å²) in [7, 11) is 0. The molecule has 5 nitrogen and oxygen atoms in total. The summed E-state index contributed by atoms with van der Waals surface area (Å²) < 4.78 is 10.9. The number of carbonyl (C=O) groups excluding carboxylic acids is 1. The fourth-order valence-corrected chi connectivity index (χ4v) is 2.20. The summed E-state index contributed by atoms with van der Waals surface area (Å²) in [6.07, 6.45) is 1.55. The number of hydrogen-bond acceptors (Lipinski definition) is 4. The van der Waals surface area contributed by atoms with Crippen molar-refractivity contribution >= 4 is 17.5 Å². The third-order valence-corrected chi connectivity index (χ3v) is 3.43. The number of oxazole rings is 1. The standard InChI is InChI=1S/C16H19ClN2O3/c1-12(10-22-15-6-4-3-5-7-15)19(16(20)8-17)9-14-11-21-13(2)18-14/h3-7,11-12H,8-10H2,1-2H3. The van der Waals surface area contributed by atoms with E-state index in [-0.39, 0.29) is 17.8 Å². The first kappa shape index (κ1) is 16.4. The molecule has 0 aliphatic rings. The van der Waals surface area contributed by atoms with Crippen LogP contribution in [-0.2, 0) is 11.3 Å². The van der Waals surface area contributed by atoms with E-state index >= 15 is 0 Å². The van der Waals surface area contributed by atoms with Crippen LogP contribution >= 0.6 is 11.6 Å². The van der Waals surface area contributed by atoms with E-state index in [1.807, 2.05) is 37.3 Å². The maximum Gasteiger partial charge on any atom is 0.238 e. The minimum atomic E-state index is -0.161. The van der Waals surface area contributed by atoms with Crippen LogP contribution < -0.4 is 4.74 Å². The molecule has 6 heteroatoms. The highest BCUT2D eigenvalue weighted by Gasteiger charge is 2.21. The van der Waals surface area contributed by atoms with Gasteiger partial charge in [0.05, 0.1) is 18.3 Å². The van der Waals surface area contributed by atoms with Crippen LogP contribution in [0.5, 0.6) is 5.75 Å². The van der Waals surface area contributed by atoms with Gasteiger partial charge in [0.25, 0.3) is 0 Å². The zero-order valence-corrected chi connectivity index (χ0v) is 13.4. The highest BCUT2D eigenvalue weighted by molar-refractivity contribution is 6.27. The Morgan fingerprint density at radius 1 is 1.41 bits per heavy atom. The van der Waals surface area contributed by atoms with Crippen molar-refractivity contribution in [3.05, 3.63) is 48.2 Å². The molecule has 0 aliphatic heterocycles. The van der Waals surface area contributed by atoms with Crippen LogP contribution in [0.15, 0.2) is 41.0 Å². The van der Waals surface area contributed by atoms with Crippen molar-refractivity contribution < 1.29 is 13.9 Å². The molecule has 0 radical (unpaired) electrons. The summed E-state index contributed by atoms with van der Waals surface area (Å²) in [4.78, 5) is 17.9. The molecule has 118 valence electrons. The van der Waals surface area contributed by atoms with Gasteiger partial charge in [0.2, 0.25) is 5.91 Å². The number of carbonyl (C=O) groups is 1. The van der Waals surface area contributed by atoms with E-state index < -0.39 is 0 Å². The Hall–Kier alpha value is -2.01. The van der Waals surface area contributed by atoms with Crippen molar-refractivity contribution in [2.24, 2.45) is 0 Å². The Balaban J connectivity index is 1.99. The predicted molar refractivity (Wildman–Crippen MR) is 83.9 cm³/mol. The molecule has 1 aromatic carbocycles. The Bertz CT molecular complexity index is 600. The van der Waals surface area contributed by atoms with Gasteiger partial charge in [-0.25, -0.2) is 4.98 Å². The van der Waals surface area contributed by atoms with E-state index in [1.54, 1.807) is 18.1 Å². The van der Waals surface area contributed by atoms with E-state index in [9.17, 15) is 4.79 Å². The van der Waals surface area contributed by atoms with E-state index in [2.05, 4.69) is 4.98 Å². The monoisotopic (exact) mass is 322 g/mol. The Kier molecular flexibility index (Phi) is 5.83. The van der Waals surface area contributed by atoms with E-state index in [0.717, 1.165) is 5.75 Å². The number of alkyl halides is 1. The molecule has 1 amide bonds. The number of aryl methyl sites for hydroxylation is 1. The van der Waals surface area contributed by atoms with Gasteiger partial charge in [0.1, 0.15) is 24.5 Å². The van der Waals surface area contributed by atoms with Crippen molar-refractivity contribution in [3.8, 4) is 5.75 Å². The average Bonchev–Trinajstić information content (AvgIpc) is 2.96. The van der Waals surface area contributed by atoms with Crippen molar-refractivity contribution in [1.29, 1.82) is 0 Å². The molecule has 0 N–H and O–H groups in total. The Morgan fingerprint density at radius 2 is 2.14 bits per heavy atom. The van der Waals surface area contributed by atoms with Crippen molar-refractivity contribution in [2.45, 2.75) is 26.4 Å². The lowest BCUT2D eigenvalue weighted by Gasteiger charge is -2.28. The normalized spacial score (nSPS) is 12.0. The highest BCUT2D eigenvalue weighted by atomic mass is 35.5. The quantitative estimate of drug-likeness (QED) is 0.735. The number of aromatic nitrogens is 1. The van der Waals surface area contributed by atoms with Gasteiger partial charge in [-0.15, -0.1) is 11.6 Å². The molecule has 1 heterocycles. The molecule has 22 heavy (non-hydrogen) atoms. The molecule has 0 saturated heterocycles. The molecule has 0 spiro atoms. The third kappa shape index (κ3) is 4.49. The predicted octanol–water partition coefficient (Wildman–Crippen LogP) is 3.02. The van der Waals surface area contributed by atoms with Gasteiger partial charge in [-0.1, -0.05) is 18.2 Å². The first-order chi connectivity index (χ1) is 10.6. The van der Waals surface area contributed by atoms with E-state index in [0.29, 0.717) is 24.7 Å². The summed E-state index contributed by atoms with van der Waals surface area (Å²) in [6.45, 7) is 4.41. The summed E-state index contributed by atoms with van der Waals surface area (Å²) >= 11 is 5.70. The minimum absolute atomic E-state index is 0.0769. The van der Waals surface area contributed by atoms with Crippen molar-refractivity contribution in [3.63, 3.8) is 0 Å². The maximum atomic E-state index is 12.1. The maximum absolute atomic E-state index is 12.1. The molecule has 1 atom stereocenters. The number of halogens is 1. The molecular weight excluding hydrogens is 304 g/mol. The number of nitrogens with zero attached hydrogens (tertiary/aromatic N) is 2. The Labute approximate surface area is 134 Å². The topological polar surface area (TPSA) is 55.6 Å². The molecule has 0 saturated carbocycles. The van der Waals surface area contributed by atoms with Crippen LogP contribution in [0, 0.1) is 6.92 Å². The average molecular weight is 323 g/mol. The number of para-hydroxylation sites is 1. The minimum Gasteiger partial charge on any atom is -0.491 e. The first-order valence-corrected chi connectivity index (χ1v) is 7.58. The van der Waals surface area contributed by atoms with Crippen LogP contribution in [0.2, 0.25) is 0 Å². The lowest BCUT2D eigenvalue weighted by atomic mass is 10.2. The number of hydrogen-bond donors (Lipinski definition) is 0. The van der Waals surface area contributed by atoms with E-state index in [1.165, 1.54) is 0 Å². The number of amides is 1. The lowest BCUT2D eigenvalue weighted by molar-refractivity contribution is -0.131. The second-order valence-corrected chi connectivity index (χ2v) is 5.25. The van der Waals surface area contributed by atoms with Crippen molar-refractivity contribution in [2.75, 3.05) is 12.5 Å². The second-order valence-electron chi connectivity index (χ2n) is 4.99. The van der Waals surface area contributed by atoms with Gasteiger partial charge in [-0.3, -0.25) is 4.79 Å². The smallest absolute Gasteiger partial charge is 0.238 e. The number of benzene rings is 1. The van der Waals surface area contributed by atoms with Gasteiger partial charge in [0, 0.05) is 6.92 Å². The Morgan fingerprint density at radius 3 is 2.73 bits per heavy atom. The highest BCUT2D eigenvalue weighted by Crippen LogP contribution is 2.13. The molecule has 1 aromatic heterocycles. The second kappa shape index (κ2) is 7.84. The summed E-state index contributed by atoms with van der Waals surface area (Å²) in [6, 6.07) is 9.35. The summed E-state index contributed by atoms with van der Waals surface area (Å²) in [5.74, 6) is 1.10. The van der Waals surface area contributed by atoms with Crippen LogP contribution in [0.1, 0.15) is 18.5 Å². The van der Waals surface area contributed by atoms with Gasteiger partial charge < -0.3 is 14.1 Å². The van der Waals surface area contributed by atoms with Gasteiger partial charge in [0.15, 0.2) is 5.89 Å². The fraction of sp³-hybridized carbons (Fsp3) is 0.375. The zero-order valence-electron chi connectivity index (χ0n) is 12.7. The molecule has 2 aromatic rings. The molecule has 0 aliphatic carbocycles. The van der Waals surface area contributed by atoms with Gasteiger partial charge in [-0.2, -0.15) is 0 Å². The van der Waals surface area contributed by atoms with Crippen molar-refractivity contribution in [1.82, 2.24) is 9.88 Å². The van der Waals surface area contributed by atoms with Crippen LogP contribution in [0.3, 0.4) is 0 Å². The van der Waals surface area contributed by atoms with Crippen LogP contribution in [-0.4, -0.2) is 34.3 Å². The van der Waals surface area contributed by atoms with Gasteiger partial charge in [-0.05, 0) is 19.1 Å². The summed E-state index contributed by atoms with van der Waals surface area (Å²) in [5, 5.41) is 0. The van der Waals surface area contributed by atoms with Crippen LogP contribution in [0.4, 0.5) is 0 Å². The molecule has 0 bridgehead atoms. The molecule has 2 rings (SSSR count). The zero-order chi connectivity index (χ0) is 15.9. The number of ether oxygens (including phenoxy) is 1. The SMILES string of the molecule is Cc1nc(CN(C(=O)CCl)C(C)COc2ccccc2)co1. The third-order valence-electron chi connectivity index (χ3n) is 3.20. The van der Waals surface area contributed by atoms with E-state index in [4.69, 9.17) is 20.8 Å². The fourth-order valence-electron chi connectivity index (χ4n) is 2.05. The van der Waals surface area contributed by atoms with Gasteiger partial charge >= 0.3 is 0 Å². The molecule has 0 fully saturated rings. The van der Waals surface area contributed by atoms with Crippen LogP contribution in [0.25, 0.3) is 0 Å².